The molecule has 0 unspecified atom stereocenters. The minimum atomic E-state index is -0.777. The van der Waals surface area contributed by atoms with Gasteiger partial charge in [0.25, 0.3) is 5.56 Å². The number of imidazole rings is 1. The first kappa shape index (κ1) is 21.1. The summed E-state index contributed by atoms with van der Waals surface area (Å²) in [5.41, 5.74) is 1.53. The lowest BCUT2D eigenvalue weighted by atomic mass is 10.1. The second-order valence-electron chi connectivity index (χ2n) is 6.84. The van der Waals surface area contributed by atoms with Gasteiger partial charge in [0.2, 0.25) is 5.88 Å². The third kappa shape index (κ3) is 3.70. The summed E-state index contributed by atoms with van der Waals surface area (Å²) in [6.45, 7) is 3.68. The smallest absolute Gasteiger partial charge is 0.335 e. The van der Waals surface area contributed by atoms with Gasteiger partial charge in [0.15, 0.2) is 0 Å². The number of aromatic hydroxyl groups is 1. The van der Waals surface area contributed by atoms with Crippen molar-refractivity contribution in [3.8, 4) is 11.6 Å². The Morgan fingerprint density at radius 3 is 2.35 bits per heavy atom. The van der Waals surface area contributed by atoms with Crippen LogP contribution in [0, 0.1) is 13.8 Å². The molecule has 0 atom stereocenters. The quantitative estimate of drug-likeness (QED) is 0.292. The van der Waals surface area contributed by atoms with Gasteiger partial charge in [-0.2, -0.15) is 0 Å². The molecular formula is C20H15Br2N5O4. The maximum Gasteiger partial charge on any atom is 0.335 e. The van der Waals surface area contributed by atoms with E-state index in [0.717, 1.165) is 20.2 Å². The second kappa shape index (κ2) is 7.82. The number of fused-ring (bicyclic) bond motifs is 1. The first-order chi connectivity index (χ1) is 14.7. The molecule has 4 rings (SSSR count). The molecule has 0 amide bonds. The van der Waals surface area contributed by atoms with E-state index in [1.807, 2.05) is 13.8 Å². The molecule has 0 aliphatic rings. The zero-order valence-electron chi connectivity index (χ0n) is 16.2. The van der Waals surface area contributed by atoms with Crippen molar-refractivity contribution >= 4 is 54.8 Å². The van der Waals surface area contributed by atoms with E-state index in [1.165, 1.54) is 6.21 Å². The highest BCUT2D eigenvalue weighted by molar-refractivity contribution is 9.10. The zero-order valence-corrected chi connectivity index (χ0v) is 19.4. The molecule has 0 radical (unpaired) electrons. The maximum absolute atomic E-state index is 12.5. The topological polar surface area (TPSA) is 136 Å². The number of benzene rings is 2. The van der Waals surface area contributed by atoms with Crippen LogP contribution in [-0.4, -0.2) is 30.8 Å². The number of nitrogens with zero attached hydrogens (tertiary/aromatic N) is 2. The van der Waals surface area contributed by atoms with Crippen LogP contribution in [0.4, 0.5) is 5.69 Å². The summed E-state index contributed by atoms with van der Waals surface area (Å²) in [4.78, 5) is 48.1. The van der Waals surface area contributed by atoms with Crippen molar-refractivity contribution in [3.63, 3.8) is 0 Å². The van der Waals surface area contributed by atoms with Crippen molar-refractivity contribution in [2.45, 2.75) is 13.8 Å². The summed E-state index contributed by atoms with van der Waals surface area (Å²) >= 11 is 6.80. The summed E-state index contributed by atoms with van der Waals surface area (Å²) < 4.78 is 2.45. The zero-order chi connectivity index (χ0) is 22.4. The van der Waals surface area contributed by atoms with Crippen molar-refractivity contribution in [2.75, 3.05) is 0 Å². The van der Waals surface area contributed by atoms with Gasteiger partial charge in [-0.3, -0.25) is 14.8 Å². The Hall–Kier alpha value is -3.18. The van der Waals surface area contributed by atoms with Crippen LogP contribution in [0.3, 0.4) is 0 Å². The molecule has 2 aromatic heterocycles. The molecule has 0 spiro atoms. The normalized spacial score (nSPS) is 11.6. The maximum atomic E-state index is 12.5. The number of aromatic amines is 3. The third-order valence-electron chi connectivity index (χ3n) is 4.97. The Bertz CT molecular complexity index is 1560. The number of hydrogen-bond donors (Lipinski definition) is 4. The summed E-state index contributed by atoms with van der Waals surface area (Å²) in [6, 6.07) is 6.70. The van der Waals surface area contributed by atoms with Crippen LogP contribution in [0.5, 0.6) is 5.88 Å². The van der Waals surface area contributed by atoms with E-state index in [0.29, 0.717) is 26.9 Å². The largest absolute Gasteiger partial charge is 0.493 e. The van der Waals surface area contributed by atoms with Gasteiger partial charge in [0, 0.05) is 15.2 Å². The first-order valence-electron chi connectivity index (χ1n) is 8.97. The fraction of sp³-hybridized carbons (Fsp3) is 0.100. The third-order valence-corrected chi connectivity index (χ3v) is 6.46. The van der Waals surface area contributed by atoms with E-state index in [1.54, 1.807) is 24.3 Å². The minimum Gasteiger partial charge on any atom is -0.493 e. The predicted octanol–water partition coefficient (Wildman–Crippen LogP) is 3.29. The number of hydrogen-bond acceptors (Lipinski definition) is 5. The van der Waals surface area contributed by atoms with E-state index in [2.05, 4.69) is 51.8 Å². The lowest BCUT2D eigenvalue weighted by Crippen LogP contribution is -2.31. The fourth-order valence-electron chi connectivity index (χ4n) is 3.17. The van der Waals surface area contributed by atoms with Gasteiger partial charge in [-0.05, 0) is 65.2 Å². The number of aliphatic imine (C=N–C) groups is 1. The summed E-state index contributed by atoms with van der Waals surface area (Å²) in [6.07, 6.45) is 1.17. The number of aromatic nitrogens is 4. The van der Waals surface area contributed by atoms with Gasteiger partial charge in [-0.1, -0.05) is 15.9 Å². The molecule has 11 heteroatoms. The number of nitrogens with one attached hydrogen (secondary N) is 3. The lowest BCUT2D eigenvalue weighted by molar-refractivity contribution is 0.430. The Morgan fingerprint density at radius 2 is 1.65 bits per heavy atom. The highest BCUT2D eigenvalue weighted by Gasteiger charge is 2.17. The highest BCUT2D eigenvalue weighted by Crippen LogP contribution is 2.30. The van der Waals surface area contributed by atoms with E-state index in [9.17, 15) is 19.5 Å². The van der Waals surface area contributed by atoms with E-state index in [-0.39, 0.29) is 11.3 Å². The van der Waals surface area contributed by atoms with Crippen LogP contribution in [-0.2, 0) is 0 Å². The summed E-state index contributed by atoms with van der Waals surface area (Å²) in [5, 5.41) is 10.8. The average molecular weight is 549 g/mol. The molecule has 4 aromatic rings. The van der Waals surface area contributed by atoms with Crippen LogP contribution in [0.15, 0.2) is 52.6 Å². The van der Waals surface area contributed by atoms with Crippen LogP contribution in [0.1, 0.15) is 16.7 Å². The minimum absolute atomic E-state index is 0.186. The SMILES string of the molecule is Cc1c(Br)ccc(-n2c(O)c(C=Nc3cc4[nH]c(=O)[nH]c4cc3Br)c(=O)[nH]c2=O)c1C. The molecule has 0 fully saturated rings. The molecule has 0 saturated heterocycles. The first-order valence-corrected chi connectivity index (χ1v) is 10.6. The molecule has 4 N–H and O–H groups in total. The molecular weight excluding hydrogens is 534 g/mol. The molecule has 0 saturated carbocycles. The Labute approximate surface area is 190 Å². The lowest BCUT2D eigenvalue weighted by Gasteiger charge is -2.14. The van der Waals surface area contributed by atoms with E-state index >= 15 is 0 Å². The van der Waals surface area contributed by atoms with Gasteiger partial charge < -0.3 is 15.1 Å². The van der Waals surface area contributed by atoms with Crippen LogP contribution < -0.4 is 16.9 Å². The van der Waals surface area contributed by atoms with Crippen molar-refractivity contribution in [1.29, 1.82) is 0 Å². The predicted molar refractivity (Wildman–Crippen MR) is 125 cm³/mol. The van der Waals surface area contributed by atoms with E-state index < -0.39 is 17.1 Å². The molecule has 9 nitrogen and oxygen atoms in total. The van der Waals surface area contributed by atoms with Crippen molar-refractivity contribution < 1.29 is 5.11 Å². The van der Waals surface area contributed by atoms with Gasteiger partial charge >= 0.3 is 11.4 Å². The van der Waals surface area contributed by atoms with Gasteiger partial charge in [-0.25, -0.2) is 14.2 Å². The molecule has 2 aromatic carbocycles. The van der Waals surface area contributed by atoms with Crippen LogP contribution >= 0.6 is 31.9 Å². The fourth-order valence-corrected chi connectivity index (χ4v) is 4.05. The Morgan fingerprint density at radius 1 is 0.968 bits per heavy atom. The number of halogens is 2. The van der Waals surface area contributed by atoms with Crippen molar-refractivity contribution in [3.05, 3.63) is 81.2 Å². The molecule has 158 valence electrons. The highest BCUT2D eigenvalue weighted by atomic mass is 79.9. The van der Waals surface area contributed by atoms with Crippen molar-refractivity contribution in [1.82, 2.24) is 19.5 Å². The molecule has 0 bridgehead atoms. The second-order valence-corrected chi connectivity index (χ2v) is 8.54. The number of rotatable bonds is 3. The molecule has 0 aliphatic carbocycles. The van der Waals surface area contributed by atoms with Crippen molar-refractivity contribution in [2.24, 2.45) is 4.99 Å². The van der Waals surface area contributed by atoms with Crippen LogP contribution in [0.2, 0.25) is 0 Å². The average Bonchev–Trinajstić information content (AvgIpc) is 3.06. The van der Waals surface area contributed by atoms with Gasteiger partial charge in [-0.15, -0.1) is 0 Å². The van der Waals surface area contributed by atoms with Crippen LogP contribution in [0.25, 0.3) is 16.7 Å². The van der Waals surface area contributed by atoms with Gasteiger partial charge in [0.05, 0.1) is 22.4 Å². The molecule has 31 heavy (non-hydrogen) atoms. The molecule has 0 aliphatic heterocycles. The number of H-pyrrole nitrogens is 3. The van der Waals surface area contributed by atoms with E-state index in [4.69, 9.17) is 0 Å². The Kier molecular flexibility index (Phi) is 5.31. The summed E-state index contributed by atoms with van der Waals surface area (Å²) in [5.74, 6) is -0.533. The van der Waals surface area contributed by atoms with Gasteiger partial charge in [0.1, 0.15) is 5.56 Å². The monoisotopic (exact) mass is 547 g/mol. The standard InChI is InChI=1S/C20H15Br2N5O4/c1-8-9(2)16(4-3-11(8)21)27-18(29)10(17(28)26-20(27)31)7-23-13-6-15-14(5-12(13)22)24-19(30)25-15/h3-7,29H,1-2H3,(H2,24,25,30)(H,26,28,31). The molecule has 2 heterocycles. The Balaban J connectivity index is 1.87. The summed E-state index contributed by atoms with van der Waals surface area (Å²) in [7, 11) is 0.